The predicted octanol–water partition coefficient (Wildman–Crippen LogP) is -0.237. The van der Waals surface area contributed by atoms with Crippen LogP contribution in [0.25, 0.3) is 0 Å². The zero-order valence-electron chi connectivity index (χ0n) is 10.2. The van der Waals surface area contributed by atoms with Crippen LogP contribution in [0.3, 0.4) is 0 Å². The van der Waals surface area contributed by atoms with Gasteiger partial charge in [0.2, 0.25) is 0 Å². The fraction of sp³-hybridized carbons (Fsp3) is 0.556. The van der Waals surface area contributed by atoms with Gasteiger partial charge in [0.25, 0.3) is 10.0 Å². The number of likely N-dealkylation sites (N-methyl/N-ethyl adjacent to an activating group) is 1. The van der Waals surface area contributed by atoms with Crippen LogP contribution < -0.4 is 0 Å². The van der Waals surface area contributed by atoms with Crippen LogP contribution in [0.4, 0.5) is 0 Å². The van der Waals surface area contributed by atoms with Gasteiger partial charge in [0.05, 0.1) is 12.8 Å². The molecule has 1 unspecified atom stereocenters. The van der Waals surface area contributed by atoms with E-state index in [0.29, 0.717) is 0 Å². The Morgan fingerprint density at radius 3 is 2.78 bits per heavy atom. The zero-order valence-corrected chi connectivity index (χ0v) is 11.1. The molecule has 1 aromatic heterocycles. The van der Waals surface area contributed by atoms with Crippen molar-refractivity contribution < 1.29 is 23.1 Å². The number of aromatic nitrogens is 2. The van der Waals surface area contributed by atoms with Gasteiger partial charge >= 0.3 is 5.97 Å². The third-order valence-electron chi connectivity index (χ3n) is 2.50. The normalized spacial score (nSPS) is 13.8. The monoisotopic (exact) mass is 277 g/mol. The van der Waals surface area contributed by atoms with Crippen molar-refractivity contribution in [2.75, 3.05) is 20.8 Å². The standard InChI is InChI=1S/C9H15N3O5S/c1-6(5-17-3)12(2)18(15,16)8-7(9(13)14)4-10-11-8/h4,6H,5H2,1-3H3,(H,10,11)(H,13,14). The number of sulfonamides is 1. The summed E-state index contributed by atoms with van der Waals surface area (Å²) < 4.78 is 30.2. The van der Waals surface area contributed by atoms with Gasteiger partial charge in [-0.1, -0.05) is 0 Å². The average molecular weight is 277 g/mol. The number of carbonyl (C=O) groups is 1. The highest BCUT2D eigenvalue weighted by molar-refractivity contribution is 7.89. The molecule has 0 amide bonds. The maximum atomic E-state index is 12.2. The van der Waals surface area contributed by atoms with Gasteiger partial charge in [0.1, 0.15) is 5.56 Å². The summed E-state index contributed by atoms with van der Waals surface area (Å²) >= 11 is 0. The molecule has 0 radical (unpaired) electrons. The summed E-state index contributed by atoms with van der Waals surface area (Å²) in [7, 11) is -1.13. The Morgan fingerprint density at radius 1 is 1.67 bits per heavy atom. The van der Waals surface area contributed by atoms with Crippen molar-refractivity contribution in [2.24, 2.45) is 0 Å². The van der Waals surface area contributed by atoms with Gasteiger partial charge in [0.15, 0.2) is 5.03 Å². The minimum atomic E-state index is -3.94. The Bertz CT molecular complexity index is 524. The minimum absolute atomic E-state index is 0.201. The van der Waals surface area contributed by atoms with E-state index in [9.17, 15) is 13.2 Å². The molecule has 0 bridgehead atoms. The summed E-state index contributed by atoms with van der Waals surface area (Å²) in [5.74, 6) is -1.35. The van der Waals surface area contributed by atoms with E-state index in [0.717, 1.165) is 10.5 Å². The lowest BCUT2D eigenvalue weighted by molar-refractivity contribution is 0.0692. The highest BCUT2D eigenvalue weighted by Gasteiger charge is 2.31. The summed E-state index contributed by atoms with van der Waals surface area (Å²) in [5, 5.41) is 14.1. The molecule has 0 aliphatic carbocycles. The highest BCUT2D eigenvalue weighted by Crippen LogP contribution is 2.18. The van der Waals surface area contributed by atoms with Crippen molar-refractivity contribution in [3.8, 4) is 0 Å². The maximum Gasteiger partial charge on any atom is 0.340 e. The van der Waals surface area contributed by atoms with Crippen LogP contribution in [0.1, 0.15) is 17.3 Å². The van der Waals surface area contributed by atoms with Gasteiger partial charge < -0.3 is 9.84 Å². The van der Waals surface area contributed by atoms with E-state index in [1.807, 2.05) is 0 Å². The number of nitrogens with one attached hydrogen (secondary N) is 1. The molecule has 1 heterocycles. The molecule has 8 nitrogen and oxygen atoms in total. The van der Waals surface area contributed by atoms with Gasteiger partial charge in [-0.05, 0) is 6.92 Å². The number of ether oxygens (including phenoxy) is 1. The zero-order chi connectivity index (χ0) is 13.9. The summed E-state index contributed by atoms with van der Waals surface area (Å²) in [6.45, 7) is 1.85. The fourth-order valence-corrected chi connectivity index (χ4v) is 2.76. The van der Waals surface area contributed by atoms with Crippen molar-refractivity contribution in [2.45, 2.75) is 18.0 Å². The van der Waals surface area contributed by atoms with Crippen molar-refractivity contribution in [1.82, 2.24) is 14.5 Å². The number of aromatic carboxylic acids is 1. The van der Waals surface area contributed by atoms with Crippen LogP contribution in [0.15, 0.2) is 11.2 Å². The van der Waals surface area contributed by atoms with Crippen molar-refractivity contribution in [3.05, 3.63) is 11.8 Å². The van der Waals surface area contributed by atoms with Gasteiger partial charge in [0, 0.05) is 20.2 Å². The van der Waals surface area contributed by atoms with Crippen molar-refractivity contribution in [1.29, 1.82) is 0 Å². The molecular weight excluding hydrogens is 262 g/mol. The molecule has 1 rings (SSSR count). The molecule has 0 saturated carbocycles. The molecule has 0 aromatic carbocycles. The van der Waals surface area contributed by atoms with Crippen LogP contribution in [-0.4, -0.2) is 60.8 Å². The van der Waals surface area contributed by atoms with Gasteiger partial charge in [-0.3, -0.25) is 5.10 Å². The van der Waals surface area contributed by atoms with Crippen LogP contribution in [0.5, 0.6) is 0 Å². The van der Waals surface area contributed by atoms with E-state index < -0.39 is 27.1 Å². The van der Waals surface area contributed by atoms with E-state index in [2.05, 4.69) is 10.2 Å². The quantitative estimate of drug-likeness (QED) is 0.742. The average Bonchev–Trinajstić information content (AvgIpc) is 2.77. The number of nitrogens with zero attached hydrogens (tertiary/aromatic N) is 2. The lowest BCUT2D eigenvalue weighted by atomic mass is 10.4. The smallest absolute Gasteiger partial charge is 0.340 e. The number of aromatic amines is 1. The minimum Gasteiger partial charge on any atom is -0.478 e. The first-order valence-electron chi connectivity index (χ1n) is 5.06. The highest BCUT2D eigenvalue weighted by atomic mass is 32.2. The lowest BCUT2D eigenvalue weighted by Gasteiger charge is -2.22. The first-order valence-corrected chi connectivity index (χ1v) is 6.50. The molecule has 1 aromatic rings. The van der Waals surface area contributed by atoms with Gasteiger partial charge in [-0.2, -0.15) is 9.40 Å². The molecular formula is C9H15N3O5S. The van der Waals surface area contributed by atoms with Crippen LogP contribution >= 0.6 is 0 Å². The number of H-pyrrole nitrogens is 1. The number of rotatable bonds is 6. The number of hydrogen-bond donors (Lipinski definition) is 2. The molecule has 102 valence electrons. The third kappa shape index (κ3) is 2.68. The molecule has 18 heavy (non-hydrogen) atoms. The molecule has 0 aliphatic rings. The van der Waals surface area contributed by atoms with Crippen LogP contribution in [0.2, 0.25) is 0 Å². The Labute approximate surface area is 105 Å². The second-order valence-electron chi connectivity index (χ2n) is 3.74. The number of hydrogen-bond acceptors (Lipinski definition) is 5. The molecule has 0 fully saturated rings. The fourth-order valence-electron chi connectivity index (χ4n) is 1.35. The first kappa shape index (κ1) is 14.6. The maximum absolute atomic E-state index is 12.2. The molecule has 0 aliphatic heterocycles. The summed E-state index contributed by atoms with van der Waals surface area (Å²) in [4.78, 5) is 10.9. The van der Waals surface area contributed by atoms with E-state index in [-0.39, 0.29) is 12.2 Å². The molecule has 0 spiro atoms. The Hall–Kier alpha value is -1.45. The van der Waals surface area contributed by atoms with E-state index in [1.54, 1.807) is 6.92 Å². The van der Waals surface area contributed by atoms with E-state index in [1.165, 1.54) is 14.2 Å². The number of carboxylic acid groups (broad SMARTS) is 1. The molecule has 0 saturated heterocycles. The van der Waals surface area contributed by atoms with Gasteiger partial charge in [-0.15, -0.1) is 0 Å². The third-order valence-corrected chi connectivity index (χ3v) is 4.45. The number of methoxy groups -OCH3 is 1. The van der Waals surface area contributed by atoms with Crippen LogP contribution in [0, 0.1) is 0 Å². The summed E-state index contributed by atoms with van der Waals surface area (Å²) in [6.07, 6.45) is 0.962. The second kappa shape index (κ2) is 5.46. The largest absolute Gasteiger partial charge is 0.478 e. The SMILES string of the molecule is COCC(C)N(C)S(=O)(=O)c1[nH]ncc1C(=O)O. The first-order chi connectivity index (χ1) is 8.32. The topological polar surface area (TPSA) is 113 Å². The van der Waals surface area contributed by atoms with Crippen LogP contribution in [-0.2, 0) is 14.8 Å². The second-order valence-corrected chi connectivity index (χ2v) is 5.68. The summed E-state index contributed by atoms with van der Waals surface area (Å²) in [6, 6.07) is -0.426. The molecule has 2 N–H and O–H groups in total. The lowest BCUT2D eigenvalue weighted by Crippen LogP contribution is -2.38. The molecule has 9 heteroatoms. The summed E-state index contributed by atoms with van der Waals surface area (Å²) in [5.41, 5.74) is -0.383. The van der Waals surface area contributed by atoms with E-state index in [4.69, 9.17) is 9.84 Å². The number of carboxylic acids is 1. The predicted molar refractivity (Wildman–Crippen MR) is 61.8 cm³/mol. The Morgan fingerprint density at radius 2 is 2.28 bits per heavy atom. The molecule has 1 atom stereocenters. The Balaban J connectivity index is 3.13. The van der Waals surface area contributed by atoms with E-state index >= 15 is 0 Å². The van der Waals surface area contributed by atoms with Crippen molar-refractivity contribution >= 4 is 16.0 Å². The Kier molecular flexibility index (Phi) is 4.43. The van der Waals surface area contributed by atoms with Crippen molar-refractivity contribution in [3.63, 3.8) is 0 Å². The van der Waals surface area contributed by atoms with Gasteiger partial charge in [-0.25, -0.2) is 13.2 Å².